The third-order valence-electron chi connectivity index (χ3n) is 1.71. The van der Waals surface area contributed by atoms with Gasteiger partial charge in [0.15, 0.2) is 0 Å². The zero-order valence-electron chi connectivity index (χ0n) is 10.6. The van der Waals surface area contributed by atoms with E-state index in [9.17, 15) is 25.6 Å². The van der Waals surface area contributed by atoms with Gasteiger partial charge in [-0.2, -0.15) is 8.42 Å². The van der Waals surface area contributed by atoms with Crippen molar-refractivity contribution in [3.05, 3.63) is 35.4 Å². The summed E-state index contributed by atoms with van der Waals surface area (Å²) in [5.74, 6) is -1.40. The molecule has 0 aliphatic carbocycles. The molecule has 0 aliphatic rings. The maximum absolute atomic E-state index is 13.0. The van der Waals surface area contributed by atoms with Crippen LogP contribution in [0.1, 0.15) is 5.56 Å². The summed E-state index contributed by atoms with van der Waals surface area (Å²) in [5.41, 5.74) is -0.166. The Bertz CT molecular complexity index is 615. The van der Waals surface area contributed by atoms with Gasteiger partial charge in [0.1, 0.15) is 11.6 Å². The zero-order chi connectivity index (χ0) is 16.0. The summed E-state index contributed by atoms with van der Waals surface area (Å²) in [6.07, 6.45) is 1.69. The van der Waals surface area contributed by atoms with Gasteiger partial charge in [0.2, 0.25) is 9.05 Å². The van der Waals surface area contributed by atoms with Crippen LogP contribution in [0.15, 0.2) is 18.2 Å². The highest BCUT2D eigenvalue weighted by molar-refractivity contribution is 8.13. The second kappa shape index (κ2) is 7.87. The van der Waals surface area contributed by atoms with Gasteiger partial charge in [-0.25, -0.2) is 17.2 Å². The molecule has 1 aromatic rings. The summed E-state index contributed by atoms with van der Waals surface area (Å²) in [6.45, 7) is -0.267. The van der Waals surface area contributed by atoms with Crippen LogP contribution in [-0.2, 0) is 29.8 Å². The first kappa shape index (κ1) is 19.2. The van der Waals surface area contributed by atoms with Gasteiger partial charge in [0, 0.05) is 22.7 Å². The molecular weight excluding hydrogens is 338 g/mol. The lowest BCUT2D eigenvalue weighted by molar-refractivity contribution is 0.321. The van der Waals surface area contributed by atoms with Crippen LogP contribution in [0.25, 0.3) is 0 Å². The molecule has 0 N–H and O–H groups in total. The Balaban J connectivity index is 0.000000621. The topological polar surface area (TPSA) is 77.5 Å². The maximum atomic E-state index is 13.0. The third-order valence-corrected chi connectivity index (χ3v) is 2.31. The Hall–Kier alpha value is -0.770. The molecule has 0 aromatic heterocycles. The quantitative estimate of drug-likeness (QED) is 0.609. The van der Waals surface area contributed by atoms with Gasteiger partial charge in [-0.15, -0.1) is 0 Å². The molecule has 116 valence electrons. The van der Waals surface area contributed by atoms with Crippen LogP contribution in [0.4, 0.5) is 8.78 Å². The molecule has 0 spiro atoms. The largest absolute Gasteiger partial charge is 0.270 e. The van der Waals surface area contributed by atoms with Crippen LogP contribution in [0.2, 0.25) is 0 Å². The molecule has 0 saturated heterocycles. The van der Waals surface area contributed by atoms with Crippen molar-refractivity contribution >= 4 is 29.9 Å². The predicted octanol–water partition coefficient (Wildman–Crippen LogP) is 1.67. The summed E-state index contributed by atoms with van der Waals surface area (Å²) < 4.78 is 70.4. The maximum Gasteiger partial charge on any atom is 0.264 e. The predicted molar refractivity (Wildman–Crippen MR) is 71.6 cm³/mol. The van der Waals surface area contributed by atoms with Crippen LogP contribution >= 0.6 is 10.7 Å². The van der Waals surface area contributed by atoms with Crippen molar-refractivity contribution in [2.75, 3.05) is 19.1 Å². The molecule has 0 aliphatic heterocycles. The molecule has 0 atom stereocenters. The van der Waals surface area contributed by atoms with Gasteiger partial charge in [-0.05, 0) is 12.1 Å². The van der Waals surface area contributed by atoms with Crippen molar-refractivity contribution in [1.29, 1.82) is 0 Å². The van der Waals surface area contributed by atoms with Crippen LogP contribution in [0, 0.1) is 11.6 Å². The first-order chi connectivity index (χ1) is 8.90. The Morgan fingerprint density at radius 3 is 1.85 bits per heavy atom. The Labute approximate surface area is 121 Å². The Morgan fingerprint density at radius 2 is 1.50 bits per heavy atom. The fraction of sp³-hybridized carbons (Fsp3) is 0.400. The van der Waals surface area contributed by atoms with E-state index in [0.29, 0.717) is 0 Å². The summed E-state index contributed by atoms with van der Waals surface area (Å²) >= 11 is 0. The van der Waals surface area contributed by atoms with Gasteiger partial charge < -0.3 is 0 Å². The number of hydrogen-bond donors (Lipinski definition) is 0. The standard InChI is InChI=1S/C9H10F2O3S.CH3ClO2S/c1-15(12,13)14-6-5-7-8(10)3-2-4-9(7)11;1-5(2,3)4/h2-4H,5-6H2,1H3;1H3. The van der Waals surface area contributed by atoms with Gasteiger partial charge >= 0.3 is 0 Å². The van der Waals surface area contributed by atoms with Crippen molar-refractivity contribution in [3.8, 4) is 0 Å². The van der Waals surface area contributed by atoms with Crippen LogP contribution in [-0.4, -0.2) is 36.0 Å². The van der Waals surface area contributed by atoms with Crippen LogP contribution in [0.3, 0.4) is 0 Å². The van der Waals surface area contributed by atoms with E-state index in [4.69, 9.17) is 0 Å². The molecule has 10 heteroatoms. The van der Waals surface area contributed by atoms with Crippen molar-refractivity contribution in [2.24, 2.45) is 0 Å². The van der Waals surface area contributed by atoms with E-state index in [-0.39, 0.29) is 18.6 Å². The zero-order valence-corrected chi connectivity index (χ0v) is 13.0. The highest BCUT2D eigenvalue weighted by atomic mass is 35.7. The minimum Gasteiger partial charge on any atom is -0.270 e. The van der Waals surface area contributed by atoms with Crippen LogP contribution in [0.5, 0.6) is 0 Å². The number of halogens is 3. The molecule has 0 heterocycles. The molecular formula is C10H13ClF2O5S2. The summed E-state index contributed by atoms with van der Waals surface area (Å²) in [4.78, 5) is 0. The lowest BCUT2D eigenvalue weighted by atomic mass is 10.1. The van der Waals surface area contributed by atoms with Gasteiger partial charge in [0.05, 0.1) is 19.1 Å². The normalized spacial score (nSPS) is 11.7. The summed E-state index contributed by atoms with van der Waals surface area (Å²) in [5, 5.41) is 0. The summed E-state index contributed by atoms with van der Waals surface area (Å²) in [6, 6.07) is 3.46. The first-order valence-corrected chi connectivity index (χ1v) is 9.60. The molecule has 1 rings (SSSR count). The van der Waals surface area contributed by atoms with Gasteiger partial charge in [0.25, 0.3) is 10.1 Å². The highest BCUT2D eigenvalue weighted by Gasteiger charge is 2.09. The highest BCUT2D eigenvalue weighted by Crippen LogP contribution is 2.12. The van der Waals surface area contributed by atoms with E-state index in [1.807, 2.05) is 0 Å². The molecule has 0 unspecified atom stereocenters. The fourth-order valence-corrected chi connectivity index (χ4v) is 1.45. The van der Waals surface area contributed by atoms with E-state index in [1.165, 1.54) is 6.07 Å². The van der Waals surface area contributed by atoms with E-state index in [2.05, 4.69) is 14.9 Å². The molecule has 20 heavy (non-hydrogen) atoms. The van der Waals surface area contributed by atoms with Gasteiger partial charge in [-0.3, -0.25) is 4.18 Å². The molecule has 5 nitrogen and oxygen atoms in total. The second-order valence-electron chi connectivity index (χ2n) is 3.66. The van der Waals surface area contributed by atoms with Crippen molar-refractivity contribution < 1.29 is 29.8 Å². The minimum atomic E-state index is -3.56. The number of benzene rings is 1. The Kier molecular flexibility index (Phi) is 7.56. The van der Waals surface area contributed by atoms with Crippen LogP contribution < -0.4 is 0 Å². The van der Waals surface area contributed by atoms with E-state index in [1.54, 1.807) is 0 Å². The van der Waals surface area contributed by atoms with E-state index < -0.39 is 30.8 Å². The lowest BCUT2D eigenvalue weighted by Gasteiger charge is -2.04. The molecule has 0 saturated carbocycles. The minimum absolute atomic E-state index is 0.119. The lowest BCUT2D eigenvalue weighted by Crippen LogP contribution is -2.08. The Morgan fingerprint density at radius 1 is 1.10 bits per heavy atom. The first-order valence-electron chi connectivity index (χ1n) is 5.07. The van der Waals surface area contributed by atoms with Crippen molar-refractivity contribution in [3.63, 3.8) is 0 Å². The SMILES string of the molecule is CS(=O)(=O)Cl.CS(=O)(=O)OCCc1c(F)cccc1F. The number of hydrogen-bond acceptors (Lipinski definition) is 5. The molecule has 0 radical (unpaired) electrons. The van der Waals surface area contributed by atoms with Gasteiger partial charge in [-0.1, -0.05) is 6.07 Å². The average molecular weight is 351 g/mol. The molecule has 0 fully saturated rings. The molecule has 0 amide bonds. The molecule has 1 aromatic carbocycles. The fourth-order valence-electron chi connectivity index (χ4n) is 1.07. The van der Waals surface area contributed by atoms with E-state index >= 15 is 0 Å². The number of rotatable bonds is 4. The monoisotopic (exact) mass is 350 g/mol. The van der Waals surface area contributed by atoms with E-state index in [0.717, 1.165) is 24.6 Å². The summed E-state index contributed by atoms with van der Waals surface area (Å²) in [7, 11) is -2.26. The smallest absolute Gasteiger partial charge is 0.264 e. The third kappa shape index (κ3) is 11.1. The second-order valence-corrected chi connectivity index (χ2v) is 8.35. The van der Waals surface area contributed by atoms with Crippen molar-refractivity contribution in [2.45, 2.75) is 6.42 Å². The molecule has 0 bridgehead atoms. The van der Waals surface area contributed by atoms with Crippen molar-refractivity contribution in [1.82, 2.24) is 0 Å². The average Bonchev–Trinajstić information content (AvgIpc) is 2.18.